The average molecular weight is 365 g/mol. The number of hydrogen-bond acceptors (Lipinski definition) is 4. The third-order valence-corrected chi connectivity index (χ3v) is 5.49. The molecule has 1 heterocycles. The van der Waals surface area contributed by atoms with Gasteiger partial charge in [0.15, 0.2) is 0 Å². The van der Waals surface area contributed by atoms with Crippen molar-refractivity contribution in [3.63, 3.8) is 0 Å². The minimum Gasteiger partial charge on any atom is -0.480 e. The number of amides is 1. The summed E-state index contributed by atoms with van der Waals surface area (Å²) >= 11 is 7.57. The standard InChI is InChI=1S/C17H17ClN2O3S/c1-17(16(22)23,10-6-7-10)20-14(21)8-11-9-24-15(19-11)12-4-2-3-5-13(12)18/h2-5,9-10H,6-8H2,1H3,(H,20,21)(H,22,23). The number of nitrogens with one attached hydrogen (secondary N) is 1. The van der Waals surface area contributed by atoms with Crippen LogP contribution >= 0.6 is 22.9 Å². The number of carboxylic acids is 1. The van der Waals surface area contributed by atoms with Crippen LogP contribution in [0.1, 0.15) is 25.5 Å². The molecule has 5 nitrogen and oxygen atoms in total. The van der Waals surface area contributed by atoms with Crippen LogP contribution in [0.4, 0.5) is 0 Å². The Morgan fingerprint density at radius 3 is 2.75 bits per heavy atom. The van der Waals surface area contributed by atoms with E-state index in [1.807, 2.05) is 18.2 Å². The maximum Gasteiger partial charge on any atom is 0.329 e. The smallest absolute Gasteiger partial charge is 0.329 e. The number of carbonyl (C=O) groups is 2. The molecular formula is C17H17ClN2O3S. The summed E-state index contributed by atoms with van der Waals surface area (Å²) in [6.07, 6.45) is 1.71. The van der Waals surface area contributed by atoms with Crippen molar-refractivity contribution >= 4 is 34.8 Å². The number of aliphatic carboxylic acids is 1. The molecule has 2 N–H and O–H groups in total. The van der Waals surface area contributed by atoms with Crippen molar-refractivity contribution in [1.82, 2.24) is 10.3 Å². The van der Waals surface area contributed by atoms with Gasteiger partial charge in [-0.3, -0.25) is 4.79 Å². The molecule has 3 rings (SSSR count). The van der Waals surface area contributed by atoms with Crippen LogP contribution in [-0.4, -0.2) is 27.5 Å². The second kappa shape index (κ2) is 6.53. The topological polar surface area (TPSA) is 79.3 Å². The average Bonchev–Trinajstić information content (AvgIpc) is 3.29. The Hall–Kier alpha value is -1.92. The molecule has 0 spiro atoms. The molecule has 1 saturated carbocycles. The van der Waals surface area contributed by atoms with Crippen LogP contribution in [0.5, 0.6) is 0 Å². The van der Waals surface area contributed by atoms with Gasteiger partial charge in [-0.05, 0) is 31.7 Å². The van der Waals surface area contributed by atoms with Crippen molar-refractivity contribution in [2.75, 3.05) is 0 Å². The molecule has 0 saturated heterocycles. The van der Waals surface area contributed by atoms with Crippen molar-refractivity contribution in [2.45, 2.75) is 31.7 Å². The van der Waals surface area contributed by atoms with Crippen LogP contribution < -0.4 is 5.32 Å². The molecule has 1 aromatic carbocycles. The lowest BCUT2D eigenvalue weighted by Gasteiger charge is -2.25. The van der Waals surface area contributed by atoms with Crippen LogP contribution in [0.3, 0.4) is 0 Å². The Kier molecular flexibility index (Phi) is 4.60. The highest BCUT2D eigenvalue weighted by Crippen LogP contribution is 2.39. The summed E-state index contributed by atoms with van der Waals surface area (Å²) in [6.45, 7) is 1.57. The Morgan fingerprint density at radius 1 is 1.42 bits per heavy atom. The van der Waals surface area contributed by atoms with E-state index in [4.69, 9.17) is 11.6 Å². The molecule has 1 aromatic heterocycles. The minimum atomic E-state index is -1.20. The number of halogens is 1. The molecule has 2 aromatic rings. The number of carboxylic acid groups (broad SMARTS) is 1. The van der Waals surface area contributed by atoms with Crippen LogP contribution in [0, 0.1) is 5.92 Å². The van der Waals surface area contributed by atoms with Gasteiger partial charge < -0.3 is 10.4 Å². The highest BCUT2D eigenvalue weighted by Gasteiger charge is 2.48. The fourth-order valence-corrected chi connectivity index (χ4v) is 3.78. The molecule has 1 aliphatic rings. The van der Waals surface area contributed by atoms with Gasteiger partial charge in [-0.15, -0.1) is 11.3 Å². The lowest BCUT2D eigenvalue weighted by molar-refractivity contribution is -0.147. The summed E-state index contributed by atoms with van der Waals surface area (Å²) < 4.78 is 0. The number of aromatic nitrogens is 1. The van der Waals surface area contributed by atoms with E-state index < -0.39 is 11.5 Å². The summed E-state index contributed by atoms with van der Waals surface area (Å²) in [7, 11) is 0. The number of thiazole rings is 1. The van der Waals surface area contributed by atoms with Gasteiger partial charge in [0.25, 0.3) is 0 Å². The van der Waals surface area contributed by atoms with Gasteiger partial charge in [-0.2, -0.15) is 0 Å². The fourth-order valence-electron chi connectivity index (χ4n) is 2.64. The first-order valence-electron chi connectivity index (χ1n) is 7.64. The number of nitrogens with zero attached hydrogens (tertiary/aromatic N) is 1. The second-order valence-corrected chi connectivity index (χ2v) is 7.40. The Balaban J connectivity index is 1.70. The van der Waals surface area contributed by atoms with Crippen LogP contribution in [0.2, 0.25) is 5.02 Å². The van der Waals surface area contributed by atoms with Gasteiger partial charge >= 0.3 is 5.97 Å². The predicted octanol–water partition coefficient (Wildman–Crippen LogP) is 3.38. The van der Waals surface area contributed by atoms with E-state index in [0.717, 1.165) is 23.4 Å². The highest BCUT2D eigenvalue weighted by molar-refractivity contribution is 7.13. The molecular weight excluding hydrogens is 348 g/mol. The van der Waals surface area contributed by atoms with Crippen molar-refractivity contribution in [3.8, 4) is 10.6 Å². The molecule has 1 atom stereocenters. The lowest BCUT2D eigenvalue weighted by Crippen LogP contribution is -2.54. The molecule has 24 heavy (non-hydrogen) atoms. The monoisotopic (exact) mass is 364 g/mol. The zero-order valence-corrected chi connectivity index (χ0v) is 14.7. The molecule has 1 fully saturated rings. The van der Waals surface area contributed by atoms with Crippen LogP contribution in [0.15, 0.2) is 29.6 Å². The van der Waals surface area contributed by atoms with Gasteiger partial charge in [-0.1, -0.05) is 29.8 Å². The third kappa shape index (κ3) is 3.44. The van der Waals surface area contributed by atoms with Crippen molar-refractivity contribution in [1.29, 1.82) is 0 Å². The summed E-state index contributed by atoms with van der Waals surface area (Å²) in [6, 6.07) is 7.39. The lowest BCUT2D eigenvalue weighted by atomic mass is 9.95. The van der Waals surface area contributed by atoms with E-state index in [2.05, 4.69) is 10.3 Å². The molecule has 1 amide bonds. The van der Waals surface area contributed by atoms with E-state index in [9.17, 15) is 14.7 Å². The van der Waals surface area contributed by atoms with Gasteiger partial charge in [0.1, 0.15) is 10.5 Å². The highest BCUT2D eigenvalue weighted by atomic mass is 35.5. The quantitative estimate of drug-likeness (QED) is 0.823. The summed E-state index contributed by atoms with van der Waals surface area (Å²) in [5.41, 5.74) is 0.235. The first-order chi connectivity index (χ1) is 11.4. The number of hydrogen-bond donors (Lipinski definition) is 2. The summed E-state index contributed by atoms with van der Waals surface area (Å²) in [5, 5.41) is 15.2. The molecule has 7 heteroatoms. The minimum absolute atomic E-state index is 0.00747. The number of carbonyl (C=O) groups excluding carboxylic acids is 1. The summed E-state index contributed by atoms with van der Waals surface area (Å²) in [5.74, 6) is -1.32. The third-order valence-electron chi connectivity index (χ3n) is 4.23. The zero-order valence-electron chi connectivity index (χ0n) is 13.1. The summed E-state index contributed by atoms with van der Waals surface area (Å²) in [4.78, 5) is 28.2. The molecule has 1 aliphatic carbocycles. The normalized spacial score (nSPS) is 16.4. The molecule has 126 valence electrons. The van der Waals surface area contributed by atoms with Crippen LogP contribution in [0.25, 0.3) is 10.6 Å². The van der Waals surface area contributed by atoms with Gasteiger partial charge in [-0.25, -0.2) is 9.78 Å². The fraction of sp³-hybridized carbons (Fsp3) is 0.353. The van der Waals surface area contributed by atoms with Gasteiger partial charge in [0.2, 0.25) is 5.91 Å². The molecule has 0 aliphatic heterocycles. The SMILES string of the molecule is CC(NC(=O)Cc1csc(-c2ccccc2Cl)n1)(C(=O)O)C1CC1. The van der Waals surface area contributed by atoms with E-state index in [-0.39, 0.29) is 18.2 Å². The van der Waals surface area contributed by atoms with E-state index in [0.29, 0.717) is 10.7 Å². The molecule has 0 bridgehead atoms. The van der Waals surface area contributed by atoms with Crippen molar-refractivity contribution in [2.24, 2.45) is 5.92 Å². The maximum absolute atomic E-state index is 12.2. The van der Waals surface area contributed by atoms with E-state index in [1.54, 1.807) is 18.4 Å². The first-order valence-corrected chi connectivity index (χ1v) is 8.89. The maximum atomic E-state index is 12.2. The zero-order chi connectivity index (χ0) is 17.3. The Bertz CT molecular complexity index is 788. The number of rotatable bonds is 6. The first kappa shape index (κ1) is 16.9. The van der Waals surface area contributed by atoms with E-state index in [1.165, 1.54) is 11.3 Å². The van der Waals surface area contributed by atoms with Crippen LogP contribution in [-0.2, 0) is 16.0 Å². The Morgan fingerprint density at radius 2 is 2.12 bits per heavy atom. The largest absolute Gasteiger partial charge is 0.480 e. The molecule has 0 radical (unpaired) electrons. The van der Waals surface area contributed by atoms with Crippen molar-refractivity contribution in [3.05, 3.63) is 40.4 Å². The van der Waals surface area contributed by atoms with Gasteiger partial charge in [0.05, 0.1) is 17.1 Å². The number of benzene rings is 1. The van der Waals surface area contributed by atoms with Gasteiger partial charge in [0, 0.05) is 10.9 Å². The van der Waals surface area contributed by atoms with Crippen molar-refractivity contribution < 1.29 is 14.7 Å². The predicted molar refractivity (Wildman–Crippen MR) is 93.2 cm³/mol. The second-order valence-electron chi connectivity index (χ2n) is 6.13. The molecule has 1 unspecified atom stereocenters. The van der Waals surface area contributed by atoms with E-state index >= 15 is 0 Å². The Labute approximate surface area is 148 Å².